The molecular formula is C19H21ClN2O2. The van der Waals surface area contributed by atoms with Gasteiger partial charge in [-0.15, -0.1) is 0 Å². The summed E-state index contributed by atoms with van der Waals surface area (Å²) >= 11 is 6.07. The van der Waals surface area contributed by atoms with E-state index in [2.05, 4.69) is 10.6 Å². The van der Waals surface area contributed by atoms with Crippen LogP contribution in [0.2, 0.25) is 5.02 Å². The maximum absolute atomic E-state index is 12.3. The Morgan fingerprint density at radius 2 is 1.79 bits per heavy atom. The van der Waals surface area contributed by atoms with E-state index in [1.165, 1.54) is 19.3 Å². The minimum atomic E-state index is -0.220. The van der Waals surface area contributed by atoms with Crippen LogP contribution in [0.5, 0.6) is 11.5 Å². The largest absolute Gasteiger partial charge is 0.455 e. The first-order valence-corrected chi connectivity index (χ1v) is 8.68. The lowest BCUT2D eigenvalue weighted by molar-refractivity contribution is 0.244. The highest BCUT2D eigenvalue weighted by Gasteiger charge is 2.17. The van der Waals surface area contributed by atoms with Crippen LogP contribution in [0.3, 0.4) is 0 Å². The van der Waals surface area contributed by atoms with E-state index in [0.29, 0.717) is 22.2 Å². The van der Waals surface area contributed by atoms with Crippen molar-refractivity contribution in [1.82, 2.24) is 5.32 Å². The third-order valence-corrected chi connectivity index (χ3v) is 4.34. The number of amides is 2. The molecule has 5 heteroatoms. The summed E-state index contributed by atoms with van der Waals surface area (Å²) in [6, 6.07) is 14.7. The summed E-state index contributed by atoms with van der Waals surface area (Å²) in [6.07, 6.45) is 5.67. The van der Waals surface area contributed by atoms with Gasteiger partial charge in [0.2, 0.25) is 0 Å². The average molecular weight is 345 g/mol. The van der Waals surface area contributed by atoms with Crippen LogP contribution in [0.1, 0.15) is 32.1 Å². The summed E-state index contributed by atoms with van der Waals surface area (Å²) in [5.41, 5.74) is 0.555. The van der Waals surface area contributed by atoms with Gasteiger partial charge in [0.15, 0.2) is 5.75 Å². The molecule has 3 rings (SSSR count). The van der Waals surface area contributed by atoms with Crippen LogP contribution in [0, 0.1) is 0 Å². The number of urea groups is 1. The van der Waals surface area contributed by atoms with Gasteiger partial charge in [-0.3, -0.25) is 0 Å². The normalized spacial score (nSPS) is 14.9. The second-order valence-electron chi connectivity index (χ2n) is 5.99. The van der Waals surface area contributed by atoms with Gasteiger partial charge in [-0.2, -0.15) is 0 Å². The van der Waals surface area contributed by atoms with E-state index >= 15 is 0 Å². The molecule has 2 aromatic rings. The second kappa shape index (κ2) is 8.06. The summed E-state index contributed by atoms with van der Waals surface area (Å²) < 4.78 is 5.85. The minimum absolute atomic E-state index is 0.220. The third kappa shape index (κ3) is 4.65. The van der Waals surface area contributed by atoms with Crippen molar-refractivity contribution in [2.75, 3.05) is 5.32 Å². The molecule has 0 unspecified atom stereocenters. The number of hydrogen-bond donors (Lipinski definition) is 2. The van der Waals surface area contributed by atoms with Crippen LogP contribution in [-0.2, 0) is 0 Å². The number of hydrogen-bond acceptors (Lipinski definition) is 2. The van der Waals surface area contributed by atoms with E-state index in [1.54, 1.807) is 18.2 Å². The maximum Gasteiger partial charge on any atom is 0.319 e. The fourth-order valence-corrected chi connectivity index (χ4v) is 3.07. The van der Waals surface area contributed by atoms with E-state index in [1.807, 2.05) is 30.3 Å². The second-order valence-corrected chi connectivity index (χ2v) is 6.43. The molecule has 1 aliphatic carbocycles. The molecule has 2 amide bonds. The number of rotatable bonds is 4. The van der Waals surface area contributed by atoms with Crippen molar-refractivity contribution in [3.8, 4) is 11.5 Å². The van der Waals surface area contributed by atoms with Gasteiger partial charge >= 0.3 is 6.03 Å². The van der Waals surface area contributed by atoms with E-state index in [4.69, 9.17) is 16.3 Å². The molecule has 126 valence electrons. The zero-order valence-electron chi connectivity index (χ0n) is 13.4. The molecule has 1 saturated carbocycles. The Kier molecular flexibility index (Phi) is 5.59. The van der Waals surface area contributed by atoms with Gasteiger partial charge in [-0.25, -0.2) is 4.79 Å². The fourth-order valence-electron chi connectivity index (χ4n) is 2.90. The molecular weight excluding hydrogens is 324 g/mol. The molecule has 0 atom stereocenters. The van der Waals surface area contributed by atoms with Crippen molar-refractivity contribution in [3.63, 3.8) is 0 Å². The summed E-state index contributed by atoms with van der Waals surface area (Å²) in [5, 5.41) is 6.43. The van der Waals surface area contributed by atoms with Crippen LogP contribution < -0.4 is 15.4 Å². The van der Waals surface area contributed by atoms with Crippen molar-refractivity contribution in [2.45, 2.75) is 38.1 Å². The monoisotopic (exact) mass is 344 g/mol. The van der Waals surface area contributed by atoms with E-state index in [9.17, 15) is 4.79 Å². The molecule has 24 heavy (non-hydrogen) atoms. The van der Waals surface area contributed by atoms with Crippen LogP contribution in [0.4, 0.5) is 10.5 Å². The number of nitrogens with one attached hydrogen (secondary N) is 2. The lowest BCUT2D eigenvalue weighted by Gasteiger charge is -2.23. The van der Waals surface area contributed by atoms with Crippen molar-refractivity contribution in [1.29, 1.82) is 0 Å². The average Bonchev–Trinajstić information content (AvgIpc) is 2.59. The Morgan fingerprint density at radius 1 is 1.04 bits per heavy atom. The highest BCUT2D eigenvalue weighted by atomic mass is 35.5. The zero-order valence-corrected chi connectivity index (χ0v) is 14.2. The summed E-state index contributed by atoms with van der Waals surface area (Å²) in [7, 11) is 0. The van der Waals surface area contributed by atoms with Crippen LogP contribution in [-0.4, -0.2) is 12.1 Å². The quantitative estimate of drug-likeness (QED) is 0.759. The Labute approximate surface area is 147 Å². The molecule has 0 bridgehead atoms. The smallest absolute Gasteiger partial charge is 0.319 e. The molecule has 0 spiro atoms. The highest BCUT2D eigenvalue weighted by molar-refractivity contribution is 6.31. The van der Waals surface area contributed by atoms with Crippen molar-refractivity contribution >= 4 is 23.3 Å². The first kappa shape index (κ1) is 16.7. The van der Waals surface area contributed by atoms with E-state index in [-0.39, 0.29) is 12.1 Å². The molecule has 1 aliphatic rings. The summed E-state index contributed by atoms with van der Waals surface area (Å²) in [5.74, 6) is 1.26. The predicted molar refractivity (Wildman–Crippen MR) is 97.0 cm³/mol. The minimum Gasteiger partial charge on any atom is -0.455 e. The van der Waals surface area contributed by atoms with Crippen LogP contribution in [0.15, 0.2) is 48.5 Å². The van der Waals surface area contributed by atoms with E-state index in [0.717, 1.165) is 12.8 Å². The summed E-state index contributed by atoms with van der Waals surface area (Å²) in [4.78, 5) is 12.3. The fraction of sp³-hybridized carbons (Fsp3) is 0.316. The topological polar surface area (TPSA) is 50.4 Å². The van der Waals surface area contributed by atoms with Gasteiger partial charge < -0.3 is 15.4 Å². The molecule has 4 nitrogen and oxygen atoms in total. The number of carbonyl (C=O) groups excluding carboxylic acids is 1. The molecule has 0 heterocycles. The maximum atomic E-state index is 12.3. The number of ether oxygens (including phenoxy) is 1. The van der Waals surface area contributed by atoms with Crippen LogP contribution in [0.25, 0.3) is 0 Å². The number of halogens is 1. The molecule has 1 fully saturated rings. The predicted octanol–water partition coefficient (Wildman–Crippen LogP) is 5.59. The SMILES string of the molecule is O=C(Nc1cc(Cl)ccc1Oc1ccccc1)NC1CCCCC1. The van der Waals surface area contributed by atoms with Gasteiger partial charge in [-0.05, 0) is 43.2 Å². The number of anilines is 1. The van der Waals surface area contributed by atoms with Gasteiger partial charge in [-0.1, -0.05) is 49.1 Å². The Hall–Kier alpha value is -2.20. The molecule has 0 aliphatic heterocycles. The number of benzene rings is 2. The Balaban J connectivity index is 1.69. The van der Waals surface area contributed by atoms with Crippen molar-refractivity contribution in [2.24, 2.45) is 0 Å². The molecule has 2 N–H and O–H groups in total. The van der Waals surface area contributed by atoms with Gasteiger partial charge in [0.25, 0.3) is 0 Å². The molecule has 0 saturated heterocycles. The van der Waals surface area contributed by atoms with E-state index < -0.39 is 0 Å². The van der Waals surface area contributed by atoms with Gasteiger partial charge in [0.05, 0.1) is 5.69 Å². The molecule has 0 radical (unpaired) electrons. The summed E-state index contributed by atoms with van der Waals surface area (Å²) in [6.45, 7) is 0. The van der Waals surface area contributed by atoms with Gasteiger partial charge in [0, 0.05) is 11.1 Å². The standard InChI is InChI=1S/C19H21ClN2O2/c20-14-11-12-18(24-16-9-5-2-6-10-16)17(13-14)22-19(23)21-15-7-3-1-4-8-15/h2,5-6,9-13,15H,1,3-4,7-8H2,(H2,21,22,23). The first-order valence-electron chi connectivity index (χ1n) is 8.31. The lowest BCUT2D eigenvalue weighted by Crippen LogP contribution is -2.39. The van der Waals surface area contributed by atoms with Crippen LogP contribution >= 0.6 is 11.6 Å². The highest BCUT2D eigenvalue weighted by Crippen LogP contribution is 2.32. The number of para-hydroxylation sites is 1. The Morgan fingerprint density at radius 3 is 2.54 bits per heavy atom. The van der Waals surface area contributed by atoms with Crippen molar-refractivity contribution < 1.29 is 9.53 Å². The lowest BCUT2D eigenvalue weighted by atomic mass is 9.96. The van der Waals surface area contributed by atoms with Crippen molar-refractivity contribution in [3.05, 3.63) is 53.6 Å². The zero-order chi connectivity index (χ0) is 16.8. The Bertz CT molecular complexity index is 685. The third-order valence-electron chi connectivity index (χ3n) is 4.10. The molecule has 2 aromatic carbocycles. The van der Waals surface area contributed by atoms with Gasteiger partial charge in [0.1, 0.15) is 5.75 Å². The molecule has 0 aromatic heterocycles. The first-order chi connectivity index (χ1) is 11.7. The number of carbonyl (C=O) groups is 1.